The van der Waals surface area contributed by atoms with Crippen molar-refractivity contribution in [2.75, 3.05) is 11.5 Å². The summed E-state index contributed by atoms with van der Waals surface area (Å²) in [6, 6.07) is 6.85. The third-order valence-electron chi connectivity index (χ3n) is 4.66. The van der Waals surface area contributed by atoms with E-state index >= 15 is 0 Å². The minimum atomic E-state index is -4.30. The van der Waals surface area contributed by atoms with Gasteiger partial charge in [0.25, 0.3) is 11.8 Å². The van der Waals surface area contributed by atoms with Gasteiger partial charge in [-0.1, -0.05) is 46.9 Å². The topological polar surface area (TPSA) is 29.1 Å². The number of rotatable bonds is 9. The van der Waals surface area contributed by atoms with Crippen molar-refractivity contribution < 1.29 is 31.1 Å². The molecule has 0 bridgehead atoms. The van der Waals surface area contributed by atoms with Crippen molar-refractivity contribution in [3.05, 3.63) is 74.2 Å². The molecule has 192 valence electrons. The normalized spacial score (nSPS) is 14.5. The summed E-state index contributed by atoms with van der Waals surface area (Å²) in [5.74, 6) is -7.61. The number of hydrogen-bond acceptors (Lipinski definition) is 2. The molecule has 0 aromatic heterocycles. The van der Waals surface area contributed by atoms with E-state index in [-0.39, 0.29) is 37.5 Å². The molecule has 2 unspecified atom stereocenters. The van der Waals surface area contributed by atoms with E-state index in [0.29, 0.717) is 18.7 Å². The average Bonchev–Trinajstić information content (AvgIpc) is 2.73. The molecular formula is C23H20Cl3F6NOS. The molecule has 0 saturated carbocycles. The van der Waals surface area contributed by atoms with Crippen molar-refractivity contribution in [3.63, 3.8) is 0 Å². The minimum absolute atomic E-state index is 0.0122. The van der Waals surface area contributed by atoms with Crippen LogP contribution in [0.3, 0.4) is 0 Å². The third-order valence-corrected chi connectivity index (χ3v) is 7.12. The van der Waals surface area contributed by atoms with Crippen molar-refractivity contribution in [1.82, 2.24) is 5.32 Å². The van der Waals surface area contributed by atoms with Crippen LogP contribution >= 0.6 is 46.6 Å². The first-order valence-electron chi connectivity index (χ1n) is 10.0. The summed E-state index contributed by atoms with van der Waals surface area (Å²) in [6.45, 7) is 2.18. The highest BCUT2D eigenvalue weighted by Crippen LogP contribution is 2.41. The van der Waals surface area contributed by atoms with Crippen LogP contribution in [0.25, 0.3) is 5.83 Å². The summed E-state index contributed by atoms with van der Waals surface area (Å²) in [7, 11) is 0. The van der Waals surface area contributed by atoms with Gasteiger partial charge in [0.05, 0.1) is 26.7 Å². The molecule has 0 aliphatic heterocycles. The van der Waals surface area contributed by atoms with Gasteiger partial charge in [-0.05, 0) is 42.8 Å². The predicted octanol–water partition coefficient (Wildman–Crippen LogP) is 8.81. The molecule has 12 heteroatoms. The second kappa shape index (κ2) is 12.1. The van der Waals surface area contributed by atoms with Crippen LogP contribution in [0, 0.1) is 0 Å². The van der Waals surface area contributed by atoms with Crippen LogP contribution in [0.5, 0.6) is 0 Å². The lowest BCUT2D eigenvalue weighted by atomic mass is 9.92. The van der Waals surface area contributed by atoms with Crippen molar-refractivity contribution in [1.29, 1.82) is 0 Å². The third kappa shape index (κ3) is 9.12. The van der Waals surface area contributed by atoms with Gasteiger partial charge >= 0.3 is 6.18 Å². The smallest absolute Gasteiger partial charge is 0.349 e. The Morgan fingerprint density at radius 2 is 1.54 bits per heavy atom. The Bertz CT molecular complexity index is 1050. The van der Waals surface area contributed by atoms with Crippen LogP contribution in [0.2, 0.25) is 15.1 Å². The zero-order chi connectivity index (χ0) is 26.6. The Balaban J connectivity index is 2.16. The SMILES string of the molecule is CC(CSCC(F)(F)F)NC(=O)c1ccc(/C(F)=C/C(c2cc(Cl)c(Cl)c(Cl)c2)C(C)(F)F)cc1. The monoisotopic (exact) mass is 577 g/mol. The molecule has 0 saturated heterocycles. The van der Waals surface area contributed by atoms with Gasteiger partial charge in [0.15, 0.2) is 0 Å². The van der Waals surface area contributed by atoms with Crippen LogP contribution in [-0.4, -0.2) is 35.6 Å². The van der Waals surface area contributed by atoms with Gasteiger partial charge in [-0.3, -0.25) is 4.79 Å². The van der Waals surface area contributed by atoms with E-state index < -0.39 is 41.5 Å². The Morgan fingerprint density at radius 3 is 2.03 bits per heavy atom. The van der Waals surface area contributed by atoms with E-state index in [2.05, 4.69) is 5.32 Å². The van der Waals surface area contributed by atoms with Gasteiger partial charge in [0, 0.05) is 29.8 Å². The summed E-state index contributed by atoms with van der Waals surface area (Å²) in [4.78, 5) is 12.3. The maximum absolute atomic E-state index is 14.9. The highest BCUT2D eigenvalue weighted by atomic mass is 35.5. The van der Waals surface area contributed by atoms with Crippen LogP contribution in [0.1, 0.15) is 41.3 Å². The predicted molar refractivity (Wildman–Crippen MR) is 131 cm³/mol. The second-order valence-electron chi connectivity index (χ2n) is 7.83. The molecule has 0 heterocycles. The molecule has 0 aliphatic rings. The van der Waals surface area contributed by atoms with Crippen molar-refractivity contribution >= 4 is 58.3 Å². The lowest BCUT2D eigenvalue weighted by Gasteiger charge is -2.22. The van der Waals surface area contributed by atoms with E-state index in [1.807, 2.05) is 0 Å². The molecule has 2 aromatic carbocycles. The number of alkyl halides is 5. The minimum Gasteiger partial charge on any atom is -0.349 e. The number of carbonyl (C=O) groups excluding carboxylic acids is 1. The molecular weight excluding hydrogens is 559 g/mol. The number of halogens is 9. The standard InChI is InChI=1S/C23H20Cl3F6NOS/c1-12(10-35-11-23(30,31)32)33-21(34)14-5-3-13(4-6-14)19(27)9-16(22(2,28)29)15-7-17(24)20(26)18(25)8-15/h3-9,12,16H,10-11H2,1-2H3,(H,33,34)/b19-9-. The molecule has 35 heavy (non-hydrogen) atoms. The van der Waals surface area contributed by atoms with E-state index in [1.165, 1.54) is 36.4 Å². The van der Waals surface area contributed by atoms with E-state index in [1.54, 1.807) is 6.92 Å². The largest absolute Gasteiger partial charge is 0.397 e. The molecule has 2 aromatic rings. The maximum atomic E-state index is 14.9. The average molecular weight is 579 g/mol. The number of hydrogen-bond donors (Lipinski definition) is 1. The molecule has 1 amide bonds. The number of benzene rings is 2. The zero-order valence-corrected chi connectivity index (χ0v) is 21.4. The molecule has 0 aliphatic carbocycles. The Morgan fingerprint density at radius 1 is 1.03 bits per heavy atom. The first kappa shape index (κ1) is 29.7. The Labute approximate surface area is 218 Å². The fraction of sp³-hybridized carbons (Fsp3) is 0.348. The number of amides is 1. The number of carbonyl (C=O) groups is 1. The van der Waals surface area contributed by atoms with E-state index in [9.17, 15) is 31.1 Å². The fourth-order valence-corrected chi connectivity index (χ4v) is 4.41. The zero-order valence-electron chi connectivity index (χ0n) is 18.3. The van der Waals surface area contributed by atoms with Gasteiger partial charge in [-0.15, -0.1) is 0 Å². The first-order valence-corrected chi connectivity index (χ1v) is 12.3. The van der Waals surface area contributed by atoms with Crippen molar-refractivity contribution in [2.45, 2.75) is 37.9 Å². The van der Waals surface area contributed by atoms with Crippen LogP contribution in [0.15, 0.2) is 42.5 Å². The molecule has 0 spiro atoms. The lowest BCUT2D eigenvalue weighted by Crippen LogP contribution is -2.34. The summed E-state index contributed by atoms with van der Waals surface area (Å²) in [6.07, 6.45) is -3.57. The van der Waals surface area contributed by atoms with Crippen LogP contribution in [0.4, 0.5) is 26.3 Å². The van der Waals surface area contributed by atoms with Gasteiger partial charge in [-0.2, -0.15) is 24.9 Å². The Kier molecular flexibility index (Phi) is 10.3. The van der Waals surface area contributed by atoms with Gasteiger partial charge in [-0.25, -0.2) is 13.2 Å². The van der Waals surface area contributed by atoms with Crippen LogP contribution in [-0.2, 0) is 0 Å². The molecule has 2 nitrogen and oxygen atoms in total. The number of allylic oxidation sites excluding steroid dienone is 1. The summed E-state index contributed by atoms with van der Waals surface area (Å²) in [5, 5.41) is 2.42. The summed E-state index contributed by atoms with van der Waals surface area (Å²) in [5.41, 5.74) is 0.0269. The number of thioether (sulfide) groups is 1. The maximum Gasteiger partial charge on any atom is 0.397 e. The van der Waals surface area contributed by atoms with Gasteiger partial charge in [0.1, 0.15) is 5.83 Å². The van der Waals surface area contributed by atoms with E-state index in [4.69, 9.17) is 34.8 Å². The molecule has 2 rings (SSSR count). The lowest BCUT2D eigenvalue weighted by molar-refractivity contribution is -0.105. The Hall–Kier alpha value is -1.55. The fourth-order valence-electron chi connectivity index (χ4n) is 3.01. The summed E-state index contributed by atoms with van der Waals surface area (Å²) < 4.78 is 80.2. The quantitative estimate of drug-likeness (QED) is 0.238. The second-order valence-corrected chi connectivity index (χ2v) is 10.1. The molecule has 0 fully saturated rings. The van der Waals surface area contributed by atoms with Crippen molar-refractivity contribution in [3.8, 4) is 0 Å². The van der Waals surface area contributed by atoms with E-state index in [0.717, 1.165) is 6.08 Å². The number of nitrogens with one attached hydrogen (secondary N) is 1. The van der Waals surface area contributed by atoms with Gasteiger partial charge in [0.2, 0.25) is 0 Å². The molecule has 2 atom stereocenters. The first-order chi connectivity index (χ1) is 16.1. The van der Waals surface area contributed by atoms with Crippen molar-refractivity contribution in [2.24, 2.45) is 0 Å². The highest BCUT2D eigenvalue weighted by Gasteiger charge is 2.35. The van der Waals surface area contributed by atoms with Crippen LogP contribution < -0.4 is 5.32 Å². The van der Waals surface area contributed by atoms with Gasteiger partial charge < -0.3 is 5.32 Å². The summed E-state index contributed by atoms with van der Waals surface area (Å²) >= 11 is 18.4. The molecule has 0 radical (unpaired) electrons. The highest BCUT2D eigenvalue weighted by molar-refractivity contribution is 7.99. The molecule has 1 N–H and O–H groups in total.